The first-order valence-electron chi connectivity index (χ1n) is 14.5. The maximum Gasteiger partial charge on any atom is 0.349 e. The molecule has 1 N–H and O–H groups in total. The third-order valence-corrected chi connectivity index (χ3v) is 8.14. The molecule has 0 bridgehead atoms. The van der Waals surface area contributed by atoms with Gasteiger partial charge in [-0.15, -0.1) is 0 Å². The molecule has 1 aliphatic rings. The van der Waals surface area contributed by atoms with Crippen molar-refractivity contribution in [1.29, 1.82) is 0 Å². The molecule has 1 aliphatic carbocycles. The van der Waals surface area contributed by atoms with Crippen molar-refractivity contribution in [3.05, 3.63) is 100 Å². The van der Waals surface area contributed by atoms with Gasteiger partial charge in [0.25, 0.3) is 5.91 Å². The molecule has 3 aromatic carbocycles. The number of esters is 1. The fourth-order valence-electron chi connectivity index (χ4n) is 5.39. The van der Waals surface area contributed by atoms with Gasteiger partial charge in [-0.05, 0) is 106 Å². The Labute approximate surface area is 242 Å². The number of aryl methyl sites for hydroxylation is 1. The number of hydrogen-bond donors (Lipinski definition) is 1. The van der Waals surface area contributed by atoms with Gasteiger partial charge < -0.3 is 19.4 Å². The average molecular weight is 553 g/mol. The second kappa shape index (κ2) is 11.4. The van der Waals surface area contributed by atoms with Gasteiger partial charge in [0.2, 0.25) is 0 Å². The summed E-state index contributed by atoms with van der Waals surface area (Å²) in [6.07, 6.45) is 3.26. The Morgan fingerprint density at radius 3 is 2.46 bits per heavy atom. The lowest BCUT2D eigenvalue weighted by Crippen LogP contribution is -2.39. The average Bonchev–Trinajstić information content (AvgIpc) is 3.78. The van der Waals surface area contributed by atoms with Crippen molar-refractivity contribution in [3.63, 3.8) is 0 Å². The van der Waals surface area contributed by atoms with E-state index < -0.39 is 5.60 Å². The minimum atomic E-state index is -1.06. The van der Waals surface area contributed by atoms with Crippen LogP contribution in [0.15, 0.2) is 66.7 Å². The highest BCUT2D eigenvalue weighted by Crippen LogP contribution is 2.40. The summed E-state index contributed by atoms with van der Waals surface area (Å²) in [4.78, 5) is 25.4. The van der Waals surface area contributed by atoms with Crippen molar-refractivity contribution >= 4 is 22.8 Å². The number of fused-ring (bicyclic) bond motifs is 1. The van der Waals surface area contributed by atoms with E-state index in [9.17, 15) is 9.59 Å². The number of carbonyl (C=O) groups excluding carboxylic acids is 2. The van der Waals surface area contributed by atoms with E-state index in [-0.39, 0.29) is 17.9 Å². The highest BCUT2D eigenvalue weighted by Gasteiger charge is 2.31. The molecule has 1 fully saturated rings. The van der Waals surface area contributed by atoms with E-state index in [0.29, 0.717) is 23.8 Å². The Hall–Kier alpha value is -4.06. The van der Waals surface area contributed by atoms with E-state index in [2.05, 4.69) is 47.1 Å². The molecule has 6 heteroatoms. The Bertz CT molecular complexity index is 1580. The van der Waals surface area contributed by atoms with Crippen molar-refractivity contribution in [2.24, 2.45) is 7.05 Å². The summed E-state index contributed by atoms with van der Waals surface area (Å²) >= 11 is 0. The molecule has 0 radical (unpaired) electrons. The topological polar surface area (TPSA) is 69.6 Å². The number of hydrogen-bond acceptors (Lipinski definition) is 4. The van der Waals surface area contributed by atoms with Crippen LogP contribution in [0.4, 0.5) is 0 Å². The summed E-state index contributed by atoms with van der Waals surface area (Å²) in [5.74, 6) is 0.842. The maximum atomic E-state index is 13.2. The van der Waals surface area contributed by atoms with Gasteiger partial charge in [-0.2, -0.15) is 0 Å². The van der Waals surface area contributed by atoms with E-state index >= 15 is 0 Å². The first kappa shape index (κ1) is 28.5. The normalized spacial score (nSPS) is 14.1. The second-order valence-corrected chi connectivity index (χ2v) is 11.6. The molecule has 1 saturated carbocycles. The standard InChI is InChI=1S/C35H40N2O4/c1-7-40-34(39)35(4,5)41-29-16-11-24(12-17-29)19-31-23(3)37(6)32-21-28(15-18-30(31)32)33(38)36-22(2)26-9-8-10-27(20-26)25-13-14-25/h8-12,15-18,20-22,25H,7,13-14,19H2,1-6H3,(H,36,38)/t22-/m0/s1. The van der Waals surface area contributed by atoms with Crippen LogP contribution < -0.4 is 10.1 Å². The summed E-state index contributed by atoms with van der Waals surface area (Å²) in [7, 11) is 2.04. The van der Waals surface area contributed by atoms with Crippen LogP contribution >= 0.6 is 0 Å². The van der Waals surface area contributed by atoms with Crippen molar-refractivity contribution in [2.45, 2.75) is 71.4 Å². The van der Waals surface area contributed by atoms with Gasteiger partial charge >= 0.3 is 5.97 Å². The highest BCUT2D eigenvalue weighted by molar-refractivity contribution is 5.99. The van der Waals surface area contributed by atoms with Crippen LogP contribution in [0.2, 0.25) is 0 Å². The van der Waals surface area contributed by atoms with Crippen molar-refractivity contribution in [3.8, 4) is 5.75 Å². The van der Waals surface area contributed by atoms with Gasteiger partial charge in [0.05, 0.1) is 12.6 Å². The zero-order valence-corrected chi connectivity index (χ0v) is 24.9. The van der Waals surface area contributed by atoms with Gasteiger partial charge in [-0.3, -0.25) is 4.79 Å². The third-order valence-electron chi connectivity index (χ3n) is 8.14. The van der Waals surface area contributed by atoms with Gasteiger partial charge in [-0.25, -0.2) is 4.79 Å². The molecule has 41 heavy (non-hydrogen) atoms. The third kappa shape index (κ3) is 6.17. The van der Waals surface area contributed by atoms with Crippen LogP contribution in [-0.2, 0) is 23.0 Å². The Balaban J connectivity index is 1.30. The molecule has 1 aromatic heterocycles. The predicted octanol–water partition coefficient (Wildman–Crippen LogP) is 7.17. The molecule has 6 nitrogen and oxygen atoms in total. The Kier molecular flexibility index (Phi) is 7.94. The van der Waals surface area contributed by atoms with E-state index in [1.165, 1.54) is 24.0 Å². The van der Waals surface area contributed by atoms with Crippen LogP contribution in [0.3, 0.4) is 0 Å². The monoisotopic (exact) mass is 552 g/mol. The molecule has 1 heterocycles. The van der Waals surface area contributed by atoms with Gasteiger partial charge in [0.1, 0.15) is 5.75 Å². The minimum absolute atomic E-state index is 0.0713. The van der Waals surface area contributed by atoms with E-state index in [4.69, 9.17) is 9.47 Å². The fourth-order valence-corrected chi connectivity index (χ4v) is 5.39. The summed E-state index contributed by atoms with van der Waals surface area (Å²) in [6.45, 7) is 9.67. The Morgan fingerprint density at radius 2 is 1.78 bits per heavy atom. The smallest absolute Gasteiger partial charge is 0.349 e. The molecule has 5 rings (SSSR count). The summed E-state index contributed by atoms with van der Waals surface area (Å²) in [6, 6.07) is 22.3. The minimum Gasteiger partial charge on any atom is -0.476 e. The second-order valence-electron chi connectivity index (χ2n) is 11.6. The number of aromatic nitrogens is 1. The number of nitrogens with zero attached hydrogens (tertiary/aromatic N) is 1. The molecule has 0 aliphatic heterocycles. The number of rotatable bonds is 10. The molecule has 1 atom stereocenters. The van der Waals surface area contributed by atoms with Crippen LogP contribution in [0.25, 0.3) is 10.9 Å². The lowest BCUT2D eigenvalue weighted by molar-refractivity contribution is -0.158. The van der Waals surface area contributed by atoms with E-state index in [0.717, 1.165) is 34.1 Å². The summed E-state index contributed by atoms with van der Waals surface area (Å²) < 4.78 is 13.2. The number of benzene rings is 3. The van der Waals surface area contributed by atoms with Gasteiger partial charge in [0, 0.05) is 29.2 Å². The number of nitrogens with one attached hydrogen (secondary N) is 1. The van der Waals surface area contributed by atoms with Crippen molar-refractivity contribution in [2.75, 3.05) is 6.61 Å². The first-order valence-corrected chi connectivity index (χ1v) is 14.5. The molecule has 0 spiro atoms. The van der Waals surface area contributed by atoms with E-state index in [1.54, 1.807) is 20.8 Å². The van der Waals surface area contributed by atoms with Crippen LogP contribution in [0, 0.1) is 6.92 Å². The van der Waals surface area contributed by atoms with Crippen LogP contribution in [-0.4, -0.2) is 28.7 Å². The van der Waals surface area contributed by atoms with Crippen LogP contribution in [0.1, 0.15) is 90.8 Å². The predicted molar refractivity (Wildman–Crippen MR) is 163 cm³/mol. The first-order chi connectivity index (χ1) is 19.6. The number of ether oxygens (including phenoxy) is 2. The van der Waals surface area contributed by atoms with Crippen molar-refractivity contribution < 1.29 is 19.1 Å². The quantitative estimate of drug-likeness (QED) is 0.212. The van der Waals surface area contributed by atoms with Gasteiger partial charge in [-0.1, -0.05) is 42.5 Å². The lowest BCUT2D eigenvalue weighted by atomic mass is 10.0. The maximum absolute atomic E-state index is 13.2. The van der Waals surface area contributed by atoms with Gasteiger partial charge in [0.15, 0.2) is 5.60 Å². The summed E-state index contributed by atoms with van der Waals surface area (Å²) in [5.41, 5.74) is 6.65. The molecular formula is C35H40N2O4. The lowest BCUT2D eigenvalue weighted by Gasteiger charge is -2.24. The molecule has 4 aromatic rings. The zero-order chi connectivity index (χ0) is 29.3. The largest absolute Gasteiger partial charge is 0.476 e. The highest BCUT2D eigenvalue weighted by atomic mass is 16.6. The molecule has 0 unspecified atom stereocenters. The zero-order valence-electron chi connectivity index (χ0n) is 24.9. The fraction of sp³-hybridized carbons (Fsp3) is 0.371. The molecule has 214 valence electrons. The molecular weight excluding hydrogens is 512 g/mol. The number of amides is 1. The molecule has 0 saturated heterocycles. The Morgan fingerprint density at radius 1 is 1.05 bits per heavy atom. The number of carbonyl (C=O) groups is 2. The van der Waals surface area contributed by atoms with Crippen LogP contribution in [0.5, 0.6) is 5.75 Å². The molecule has 1 amide bonds. The SMILES string of the molecule is CCOC(=O)C(C)(C)Oc1ccc(Cc2c(C)n(C)c3cc(C(=O)N[C@@H](C)c4cccc(C5CC5)c4)ccc23)cc1. The van der Waals surface area contributed by atoms with Crippen molar-refractivity contribution in [1.82, 2.24) is 9.88 Å². The van der Waals surface area contributed by atoms with E-state index in [1.807, 2.05) is 50.4 Å². The summed E-state index contributed by atoms with van der Waals surface area (Å²) in [5, 5.41) is 4.33.